The number of ether oxygens (including phenoxy) is 1. The van der Waals surface area contributed by atoms with E-state index < -0.39 is 17.7 Å². The van der Waals surface area contributed by atoms with Crippen LogP contribution in [0, 0.1) is 0 Å². The van der Waals surface area contributed by atoms with E-state index in [4.69, 9.17) is 33.7 Å². The van der Waals surface area contributed by atoms with Gasteiger partial charge >= 0.3 is 6.09 Å². The standard InChI is InChI=1S/C12H17Cl2N3O2/c1-12(2,3)19-11(18)17-9(6-15)8-4-7(13)5-10(14)16-8/h4-5,9H,6,15H2,1-3H3,(H,17,18). The van der Waals surface area contributed by atoms with Crippen LogP contribution in [0.4, 0.5) is 4.79 Å². The summed E-state index contributed by atoms with van der Waals surface area (Å²) in [6.07, 6.45) is -0.569. The van der Waals surface area contributed by atoms with E-state index in [-0.39, 0.29) is 11.7 Å². The predicted molar refractivity (Wildman–Crippen MR) is 75.4 cm³/mol. The SMILES string of the molecule is CC(C)(C)OC(=O)NC(CN)c1cc(Cl)cc(Cl)n1. The number of nitrogens with one attached hydrogen (secondary N) is 1. The highest BCUT2D eigenvalue weighted by molar-refractivity contribution is 6.33. The molecule has 0 aliphatic carbocycles. The second-order valence-corrected chi connectivity index (χ2v) is 5.79. The number of nitrogens with two attached hydrogens (primary N) is 1. The van der Waals surface area contributed by atoms with Gasteiger partial charge in [-0.1, -0.05) is 23.2 Å². The lowest BCUT2D eigenvalue weighted by molar-refractivity contribution is 0.0504. The highest BCUT2D eigenvalue weighted by Crippen LogP contribution is 2.20. The molecule has 1 aromatic heterocycles. The van der Waals surface area contributed by atoms with Crippen molar-refractivity contribution in [1.82, 2.24) is 10.3 Å². The summed E-state index contributed by atoms with van der Waals surface area (Å²) in [5.41, 5.74) is 5.53. The Bertz CT molecular complexity index is 441. The van der Waals surface area contributed by atoms with Gasteiger partial charge in [-0.2, -0.15) is 0 Å². The monoisotopic (exact) mass is 305 g/mol. The van der Waals surface area contributed by atoms with E-state index >= 15 is 0 Å². The third kappa shape index (κ3) is 5.63. The van der Waals surface area contributed by atoms with Gasteiger partial charge in [0.1, 0.15) is 10.8 Å². The molecular formula is C12H17Cl2N3O2. The van der Waals surface area contributed by atoms with E-state index in [2.05, 4.69) is 10.3 Å². The minimum atomic E-state index is -0.581. The molecule has 1 aromatic rings. The molecule has 3 N–H and O–H groups in total. The molecule has 0 radical (unpaired) electrons. The number of rotatable bonds is 3. The van der Waals surface area contributed by atoms with Crippen molar-refractivity contribution in [2.75, 3.05) is 6.54 Å². The van der Waals surface area contributed by atoms with Crippen LogP contribution in [-0.4, -0.2) is 23.2 Å². The maximum atomic E-state index is 11.7. The molecule has 5 nitrogen and oxygen atoms in total. The Kier molecular flexibility index (Phi) is 5.40. The lowest BCUT2D eigenvalue weighted by Gasteiger charge is -2.23. The second-order valence-electron chi connectivity index (χ2n) is 4.97. The molecule has 1 atom stereocenters. The molecule has 0 saturated heterocycles. The quantitative estimate of drug-likeness (QED) is 0.842. The molecule has 0 bridgehead atoms. The first-order chi connectivity index (χ1) is 8.71. The van der Waals surface area contributed by atoms with Crippen molar-refractivity contribution in [3.05, 3.63) is 28.0 Å². The molecule has 7 heteroatoms. The van der Waals surface area contributed by atoms with Crippen LogP contribution in [0.15, 0.2) is 12.1 Å². The molecule has 1 heterocycles. The Morgan fingerprint density at radius 1 is 1.47 bits per heavy atom. The highest BCUT2D eigenvalue weighted by Gasteiger charge is 2.21. The van der Waals surface area contributed by atoms with Crippen molar-refractivity contribution < 1.29 is 9.53 Å². The Morgan fingerprint density at radius 3 is 2.58 bits per heavy atom. The number of nitrogens with zero attached hydrogens (tertiary/aromatic N) is 1. The smallest absolute Gasteiger partial charge is 0.408 e. The summed E-state index contributed by atoms with van der Waals surface area (Å²) in [4.78, 5) is 15.8. The summed E-state index contributed by atoms with van der Waals surface area (Å²) in [5.74, 6) is 0. The van der Waals surface area contributed by atoms with Crippen LogP contribution in [0.5, 0.6) is 0 Å². The van der Waals surface area contributed by atoms with Crippen molar-refractivity contribution in [3.8, 4) is 0 Å². The number of hydrogen-bond acceptors (Lipinski definition) is 4. The van der Waals surface area contributed by atoms with E-state index in [1.807, 2.05) is 0 Å². The first-order valence-electron chi connectivity index (χ1n) is 5.74. The van der Waals surface area contributed by atoms with Crippen LogP contribution >= 0.6 is 23.2 Å². The average molecular weight is 306 g/mol. The number of amides is 1. The number of hydrogen-bond donors (Lipinski definition) is 2. The van der Waals surface area contributed by atoms with Gasteiger partial charge in [0.05, 0.1) is 11.7 Å². The number of aromatic nitrogens is 1. The Hall–Kier alpha value is -1.04. The fourth-order valence-electron chi connectivity index (χ4n) is 1.37. The molecule has 0 aliphatic heterocycles. The summed E-state index contributed by atoms with van der Waals surface area (Å²) in [6, 6.07) is 2.60. The Balaban J connectivity index is 2.81. The minimum absolute atomic E-state index is 0.156. The van der Waals surface area contributed by atoms with Gasteiger partial charge in [0.2, 0.25) is 0 Å². The molecule has 106 valence electrons. The van der Waals surface area contributed by atoms with Crippen LogP contribution < -0.4 is 11.1 Å². The largest absolute Gasteiger partial charge is 0.444 e. The molecule has 19 heavy (non-hydrogen) atoms. The van der Waals surface area contributed by atoms with Crippen molar-refractivity contribution in [2.24, 2.45) is 5.73 Å². The summed E-state index contributed by atoms with van der Waals surface area (Å²) in [6.45, 7) is 5.48. The van der Waals surface area contributed by atoms with Crippen LogP contribution in [0.2, 0.25) is 10.2 Å². The molecule has 1 unspecified atom stereocenters. The number of halogens is 2. The van der Waals surface area contributed by atoms with Gasteiger partial charge in [-0.15, -0.1) is 0 Å². The van der Waals surface area contributed by atoms with Gasteiger partial charge in [-0.25, -0.2) is 9.78 Å². The summed E-state index contributed by atoms with van der Waals surface area (Å²) in [5, 5.41) is 3.30. The van der Waals surface area contributed by atoms with Gasteiger partial charge in [0.25, 0.3) is 0 Å². The van der Waals surface area contributed by atoms with E-state index in [9.17, 15) is 4.79 Å². The molecule has 1 amide bonds. The second kappa shape index (κ2) is 6.41. The lowest BCUT2D eigenvalue weighted by atomic mass is 10.2. The summed E-state index contributed by atoms with van der Waals surface area (Å²) >= 11 is 11.7. The van der Waals surface area contributed by atoms with Crippen LogP contribution in [-0.2, 0) is 4.74 Å². The van der Waals surface area contributed by atoms with Crippen LogP contribution in [0.25, 0.3) is 0 Å². The third-order valence-electron chi connectivity index (χ3n) is 2.06. The molecular weight excluding hydrogens is 289 g/mol. The van der Waals surface area contributed by atoms with E-state index in [0.29, 0.717) is 10.7 Å². The minimum Gasteiger partial charge on any atom is -0.444 e. The van der Waals surface area contributed by atoms with E-state index in [1.54, 1.807) is 26.8 Å². The maximum absolute atomic E-state index is 11.7. The van der Waals surface area contributed by atoms with Crippen LogP contribution in [0.1, 0.15) is 32.5 Å². The van der Waals surface area contributed by atoms with E-state index in [0.717, 1.165) is 0 Å². The van der Waals surface area contributed by atoms with Crippen molar-refractivity contribution in [3.63, 3.8) is 0 Å². The normalized spacial score (nSPS) is 12.9. The third-order valence-corrected chi connectivity index (χ3v) is 2.47. The molecule has 1 rings (SSSR count). The topological polar surface area (TPSA) is 77.2 Å². The fourth-order valence-corrected chi connectivity index (χ4v) is 1.85. The van der Waals surface area contributed by atoms with Gasteiger partial charge in [-0.3, -0.25) is 0 Å². The highest BCUT2D eigenvalue weighted by atomic mass is 35.5. The van der Waals surface area contributed by atoms with Crippen molar-refractivity contribution >= 4 is 29.3 Å². The fraction of sp³-hybridized carbons (Fsp3) is 0.500. The molecule has 0 aliphatic rings. The number of alkyl carbamates (subject to hydrolysis) is 1. The van der Waals surface area contributed by atoms with Crippen molar-refractivity contribution in [1.29, 1.82) is 0 Å². The Labute approximate surface area is 122 Å². The zero-order chi connectivity index (χ0) is 14.6. The Morgan fingerprint density at radius 2 is 2.11 bits per heavy atom. The molecule has 0 spiro atoms. The molecule has 0 fully saturated rings. The maximum Gasteiger partial charge on any atom is 0.408 e. The zero-order valence-electron chi connectivity index (χ0n) is 11.0. The molecule has 0 saturated carbocycles. The lowest BCUT2D eigenvalue weighted by Crippen LogP contribution is -2.38. The average Bonchev–Trinajstić information content (AvgIpc) is 2.21. The van der Waals surface area contributed by atoms with Crippen molar-refractivity contribution in [2.45, 2.75) is 32.4 Å². The number of carbonyl (C=O) groups is 1. The zero-order valence-corrected chi connectivity index (χ0v) is 12.5. The van der Waals surface area contributed by atoms with E-state index in [1.165, 1.54) is 6.07 Å². The number of carbonyl (C=O) groups excluding carboxylic acids is 1. The van der Waals surface area contributed by atoms with Gasteiger partial charge in [-0.05, 0) is 32.9 Å². The summed E-state index contributed by atoms with van der Waals surface area (Å²) < 4.78 is 5.15. The van der Waals surface area contributed by atoms with Gasteiger partial charge in [0.15, 0.2) is 0 Å². The first-order valence-corrected chi connectivity index (χ1v) is 6.49. The summed E-state index contributed by atoms with van der Waals surface area (Å²) in [7, 11) is 0. The number of pyridine rings is 1. The first kappa shape index (κ1) is 16.0. The van der Waals surface area contributed by atoms with Gasteiger partial charge < -0.3 is 15.8 Å². The van der Waals surface area contributed by atoms with Gasteiger partial charge in [0, 0.05) is 11.6 Å². The predicted octanol–water partition coefficient (Wildman–Crippen LogP) is 2.91. The van der Waals surface area contributed by atoms with Crippen LogP contribution in [0.3, 0.4) is 0 Å². The molecule has 0 aromatic carbocycles.